The van der Waals surface area contributed by atoms with Gasteiger partial charge >= 0.3 is 6.18 Å². The topological polar surface area (TPSA) is 41.6 Å². The SMILES string of the molecule is CCCN1CC[C@H]2CC(=O)Nc3cc(C(F)(F)F)ccc3OCC[C@H]2C1. The predicted octanol–water partition coefficient (Wildman–Crippen LogP) is 4.16. The standard InChI is InChI=1S/C19H25F3N2O2/c1-2-7-24-8-5-13-10-18(25)23-16-11-15(19(20,21)22)3-4-17(16)26-9-6-14(13)12-24/h3-4,11,13-14H,2,5-10,12H2,1H3,(H,23,25)/t13-,14-/m0/s1. The molecular weight excluding hydrogens is 345 g/mol. The number of benzene rings is 1. The molecule has 0 aromatic heterocycles. The van der Waals surface area contributed by atoms with Crippen molar-refractivity contribution in [3.05, 3.63) is 23.8 Å². The molecule has 1 fully saturated rings. The zero-order valence-electron chi connectivity index (χ0n) is 14.9. The van der Waals surface area contributed by atoms with Gasteiger partial charge in [0.05, 0.1) is 17.9 Å². The van der Waals surface area contributed by atoms with Crippen LogP contribution >= 0.6 is 0 Å². The van der Waals surface area contributed by atoms with Gasteiger partial charge in [-0.1, -0.05) is 6.92 Å². The first kappa shape index (κ1) is 19.0. The smallest absolute Gasteiger partial charge is 0.416 e. The number of ether oxygens (including phenoxy) is 1. The van der Waals surface area contributed by atoms with E-state index in [2.05, 4.69) is 17.1 Å². The molecule has 1 amide bonds. The lowest BCUT2D eigenvalue weighted by atomic mass is 9.81. The van der Waals surface area contributed by atoms with Gasteiger partial charge in [0.1, 0.15) is 5.75 Å². The quantitative estimate of drug-likeness (QED) is 0.850. The number of nitrogens with one attached hydrogen (secondary N) is 1. The Labute approximate surface area is 151 Å². The average molecular weight is 370 g/mol. The Hall–Kier alpha value is -1.76. The molecule has 7 heteroatoms. The zero-order chi connectivity index (χ0) is 18.7. The van der Waals surface area contributed by atoms with E-state index < -0.39 is 11.7 Å². The number of alkyl halides is 3. The number of anilines is 1. The summed E-state index contributed by atoms with van der Waals surface area (Å²) in [6, 6.07) is 3.24. The Morgan fingerprint density at radius 2 is 2.08 bits per heavy atom. The summed E-state index contributed by atoms with van der Waals surface area (Å²) in [6.45, 7) is 5.57. The molecule has 4 nitrogen and oxygen atoms in total. The van der Waals surface area contributed by atoms with E-state index in [-0.39, 0.29) is 17.5 Å². The van der Waals surface area contributed by atoms with Crippen molar-refractivity contribution >= 4 is 11.6 Å². The molecule has 0 spiro atoms. The molecule has 2 aliphatic rings. The summed E-state index contributed by atoms with van der Waals surface area (Å²) >= 11 is 0. The van der Waals surface area contributed by atoms with Crippen LogP contribution in [0.2, 0.25) is 0 Å². The molecule has 0 saturated carbocycles. The number of fused-ring (bicyclic) bond motifs is 2. The highest BCUT2D eigenvalue weighted by atomic mass is 19.4. The molecule has 144 valence electrons. The van der Waals surface area contributed by atoms with Crippen LogP contribution in [0.15, 0.2) is 18.2 Å². The number of carbonyl (C=O) groups excluding carboxylic acids is 1. The van der Waals surface area contributed by atoms with E-state index in [0.29, 0.717) is 24.7 Å². The van der Waals surface area contributed by atoms with Gasteiger partial charge in [-0.15, -0.1) is 0 Å². The molecule has 3 rings (SSSR count). The number of hydrogen-bond acceptors (Lipinski definition) is 3. The van der Waals surface area contributed by atoms with E-state index in [1.54, 1.807) is 0 Å². The van der Waals surface area contributed by atoms with E-state index in [9.17, 15) is 18.0 Å². The van der Waals surface area contributed by atoms with E-state index in [4.69, 9.17) is 4.74 Å². The number of amides is 1. The second kappa shape index (κ2) is 7.86. The third kappa shape index (κ3) is 4.50. The summed E-state index contributed by atoms with van der Waals surface area (Å²) in [6.07, 6.45) is -1.26. The molecule has 0 aliphatic carbocycles. The van der Waals surface area contributed by atoms with E-state index in [1.165, 1.54) is 6.07 Å². The van der Waals surface area contributed by atoms with Crippen LogP contribution in [0.3, 0.4) is 0 Å². The van der Waals surface area contributed by atoms with Crippen LogP contribution in [-0.4, -0.2) is 37.0 Å². The largest absolute Gasteiger partial charge is 0.491 e. The van der Waals surface area contributed by atoms with Crippen LogP contribution in [0.25, 0.3) is 0 Å². The van der Waals surface area contributed by atoms with E-state index >= 15 is 0 Å². The fourth-order valence-corrected chi connectivity index (χ4v) is 3.96. The number of halogens is 3. The van der Waals surface area contributed by atoms with Crippen LogP contribution in [0.4, 0.5) is 18.9 Å². The van der Waals surface area contributed by atoms with Crippen molar-refractivity contribution in [2.24, 2.45) is 11.8 Å². The van der Waals surface area contributed by atoms with Gasteiger partial charge < -0.3 is 15.0 Å². The summed E-state index contributed by atoms with van der Waals surface area (Å²) in [5, 5.41) is 2.63. The first-order valence-corrected chi connectivity index (χ1v) is 9.23. The van der Waals surface area contributed by atoms with Crippen molar-refractivity contribution in [2.75, 3.05) is 31.6 Å². The Balaban J connectivity index is 1.78. The van der Waals surface area contributed by atoms with Gasteiger partial charge in [-0.3, -0.25) is 4.79 Å². The van der Waals surface area contributed by atoms with Crippen LogP contribution in [0, 0.1) is 11.8 Å². The van der Waals surface area contributed by atoms with Gasteiger partial charge in [-0.05, 0) is 62.4 Å². The molecule has 1 aromatic carbocycles. The van der Waals surface area contributed by atoms with E-state index in [1.807, 2.05) is 0 Å². The molecule has 1 aromatic rings. The van der Waals surface area contributed by atoms with E-state index in [0.717, 1.165) is 51.0 Å². The Bertz CT molecular complexity index is 648. The summed E-state index contributed by atoms with van der Waals surface area (Å²) < 4.78 is 44.6. The monoisotopic (exact) mass is 370 g/mol. The van der Waals surface area contributed by atoms with Crippen LogP contribution in [0.1, 0.15) is 38.2 Å². The molecule has 2 atom stereocenters. The Morgan fingerprint density at radius 1 is 1.27 bits per heavy atom. The molecule has 0 unspecified atom stereocenters. The molecule has 2 aliphatic heterocycles. The highest BCUT2D eigenvalue weighted by Crippen LogP contribution is 2.37. The minimum absolute atomic E-state index is 0.103. The summed E-state index contributed by atoms with van der Waals surface area (Å²) in [5.41, 5.74) is -0.686. The number of piperidine rings is 1. The van der Waals surface area contributed by atoms with Crippen molar-refractivity contribution < 1.29 is 22.7 Å². The summed E-state index contributed by atoms with van der Waals surface area (Å²) in [5.74, 6) is 0.678. The van der Waals surface area contributed by atoms with Gasteiger partial charge in [0.2, 0.25) is 5.91 Å². The number of hydrogen-bond donors (Lipinski definition) is 1. The maximum absolute atomic E-state index is 12.9. The lowest BCUT2D eigenvalue weighted by Crippen LogP contribution is -2.42. The van der Waals surface area contributed by atoms with Gasteiger partial charge in [0.25, 0.3) is 0 Å². The highest BCUT2D eigenvalue weighted by Gasteiger charge is 2.33. The fraction of sp³-hybridized carbons (Fsp3) is 0.632. The van der Waals surface area contributed by atoms with Crippen molar-refractivity contribution in [3.8, 4) is 5.75 Å². The second-order valence-electron chi connectivity index (χ2n) is 7.21. The summed E-state index contributed by atoms with van der Waals surface area (Å²) in [4.78, 5) is 14.9. The maximum atomic E-state index is 12.9. The van der Waals surface area contributed by atoms with Crippen molar-refractivity contribution in [3.63, 3.8) is 0 Å². The fourth-order valence-electron chi connectivity index (χ4n) is 3.96. The van der Waals surface area contributed by atoms with Gasteiger partial charge in [-0.2, -0.15) is 13.2 Å². The van der Waals surface area contributed by atoms with Crippen molar-refractivity contribution in [1.29, 1.82) is 0 Å². The van der Waals surface area contributed by atoms with Crippen LogP contribution < -0.4 is 10.1 Å². The minimum atomic E-state index is -4.45. The molecule has 0 bridgehead atoms. The molecule has 2 heterocycles. The second-order valence-corrected chi connectivity index (χ2v) is 7.21. The number of nitrogens with zero attached hydrogens (tertiary/aromatic N) is 1. The first-order chi connectivity index (χ1) is 12.4. The lowest BCUT2D eigenvalue weighted by Gasteiger charge is -2.39. The van der Waals surface area contributed by atoms with Crippen molar-refractivity contribution in [1.82, 2.24) is 4.90 Å². The summed E-state index contributed by atoms with van der Waals surface area (Å²) in [7, 11) is 0. The Morgan fingerprint density at radius 3 is 2.81 bits per heavy atom. The lowest BCUT2D eigenvalue weighted by molar-refractivity contribution is -0.137. The Kier molecular flexibility index (Phi) is 5.75. The molecule has 0 radical (unpaired) electrons. The van der Waals surface area contributed by atoms with Crippen molar-refractivity contribution in [2.45, 2.75) is 38.8 Å². The number of carbonyl (C=O) groups is 1. The third-order valence-corrected chi connectivity index (χ3v) is 5.29. The maximum Gasteiger partial charge on any atom is 0.416 e. The van der Waals surface area contributed by atoms with Gasteiger partial charge in [0, 0.05) is 13.0 Å². The normalized spacial score (nSPS) is 24.8. The average Bonchev–Trinajstić information content (AvgIpc) is 2.57. The van der Waals surface area contributed by atoms with Gasteiger partial charge in [-0.25, -0.2) is 0 Å². The molecule has 1 saturated heterocycles. The van der Waals surface area contributed by atoms with Crippen LogP contribution in [-0.2, 0) is 11.0 Å². The molecular formula is C19H25F3N2O2. The minimum Gasteiger partial charge on any atom is -0.491 e. The number of rotatable bonds is 2. The predicted molar refractivity (Wildman–Crippen MR) is 93.1 cm³/mol. The number of likely N-dealkylation sites (tertiary alicyclic amines) is 1. The molecule has 26 heavy (non-hydrogen) atoms. The molecule has 1 N–H and O–H groups in total. The third-order valence-electron chi connectivity index (χ3n) is 5.29. The van der Waals surface area contributed by atoms with Gasteiger partial charge in [0.15, 0.2) is 0 Å². The highest BCUT2D eigenvalue weighted by molar-refractivity contribution is 5.92. The first-order valence-electron chi connectivity index (χ1n) is 9.23. The van der Waals surface area contributed by atoms with Crippen LogP contribution in [0.5, 0.6) is 5.75 Å². The zero-order valence-corrected chi connectivity index (χ0v) is 14.9.